The van der Waals surface area contributed by atoms with Crippen LogP contribution < -0.4 is 5.32 Å². The second kappa shape index (κ2) is 5.65. The number of benzene rings is 2. The fraction of sp³-hybridized carbons (Fsp3) is 0.143. The minimum Gasteiger partial charge on any atom is -0.380 e. The zero-order valence-corrected chi connectivity index (χ0v) is 11.7. The summed E-state index contributed by atoms with van der Waals surface area (Å²) in [5, 5.41) is 3.04. The molecule has 0 aliphatic carbocycles. The summed E-state index contributed by atoms with van der Waals surface area (Å²) in [7, 11) is 0. The minimum atomic E-state index is -1.44. The van der Waals surface area contributed by atoms with Crippen molar-refractivity contribution in [1.29, 1.82) is 0 Å². The van der Waals surface area contributed by atoms with Crippen LogP contribution in [0.5, 0.6) is 0 Å². The highest BCUT2D eigenvalue weighted by molar-refractivity contribution is 9.10. The monoisotopic (exact) mass is 329 g/mol. The lowest BCUT2D eigenvalue weighted by atomic mass is 10.2. The summed E-state index contributed by atoms with van der Waals surface area (Å²) in [4.78, 5) is 0. The molecule has 0 radical (unpaired) electrons. The van der Waals surface area contributed by atoms with Gasteiger partial charge in [0.25, 0.3) is 0 Å². The van der Waals surface area contributed by atoms with Gasteiger partial charge in [-0.1, -0.05) is 12.1 Å². The van der Waals surface area contributed by atoms with E-state index in [1.807, 2.05) is 25.1 Å². The molecule has 0 saturated heterocycles. The molecule has 0 atom stereocenters. The van der Waals surface area contributed by atoms with Gasteiger partial charge in [0.1, 0.15) is 0 Å². The Labute approximate surface area is 117 Å². The Balaban J connectivity index is 2.17. The lowest BCUT2D eigenvalue weighted by Gasteiger charge is -2.10. The van der Waals surface area contributed by atoms with Gasteiger partial charge in [0.15, 0.2) is 17.5 Å². The van der Waals surface area contributed by atoms with Gasteiger partial charge in [-0.25, -0.2) is 13.2 Å². The van der Waals surface area contributed by atoms with E-state index in [1.54, 1.807) is 0 Å². The van der Waals surface area contributed by atoms with Gasteiger partial charge >= 0.3 is 0 Å². The fourth-order valence-electron chi connectivity index (χ4n) is 1.69. The maximum absolute atomic E-state index is 13.1. The lowest BCUT2D eigenvalue weighted by molar-refractivity contribution is 0.445. The molecule has 0 aromatic heterocycles. The fourth-order valence-corrected chi connectivity index (χ4v) is 2.10. The van der Waals surface area contributed by atoms with E-state index in [0.29, 0.717) is 5.56 Å². The van der Waals surface area contributed by atoms with Gasteiger partial charge < -0.3 is 5.32 Å². The minimum absolute atomic E-state index is 0.205. The zero-order chi connectivity index (χ0) is 14.0. The number of rotatable bonds is 3. The van der Waals surface area contributed by atoms with Crippen molar-refractivity contribution in [3.8, 4) is 0 Å². The molecule has 0 fully saturated rings. The molecule has 2 aromatic carbocycles. The molecule has 2 rings (SSSR count). The van der Waals surface area contributed by atoms with Crippen molar-refractivity contribution >= 4 is 21.6 Å². The van der Waals surface area contributed by atoms with E-state index >= 15 is 0 Å². The quantitative estimate of drug-likeness (QED) is 0.798. The lowest BCUT2D eigenvalue weighted by Crippen LogP contribution is -2.03. The van der Waals surface area contributed by atoms with E-state index in [2.05, 4.69) is 21.2 Å². The number of anilines is 1. The molecular weight excluding hydrogens is 319 g/mol. The first-order valence-corrected chi connectivity index (χ1v) is 6.40. The number of hydrogen-bond acceptors (Lipinski definition) is 1. The molecule has 2 aromatic rings. The molecule has 19 heavy (non-hydrogen) atoms. The van der Waals surface area contributed by atoms with Crippen LogP contribution in [-0.4, -0.2) is 0 Å². The molecule has 0 heterocycles. The second-order valence-electron chi connectivity index (χ2n) is 4.16. The molecule has 1 N–H and O–H groups in total. The van der Waals surface area contributed by atoms with Crippen LogP contribution >= 0.6 is 15.9 Å². The molecule has 0 spiro atoms. The SMILES string of the molecule is Cc1cccc(NCc2cc(F)c(F)c(F)c2)c1Br. The third-order valence-electron chi connectivity index (χ3n) is 2.72. The molecule has 1 nitrogen and oxygen atoms in total. The zero-order valence-electron chi connectivity index (χ0n) is 10.1. The molecule has 5 heteroatoms. The first-order valence-electron chi connectivity index (χ1n) is 5.61. The number of hydrogen-bond donors (Lipinski definition) is 1. The van der Waals surface area contributed by atoms with Crippen LogP contribution in [0.15, 0.2) is 34.8 Å². The van der Waals surface area contributed by atoms with Crippen LogP contribution in [0.1, 0.15) is 11.1 Å². The van der Waals surface area contributed by atoms with Crippen LogP contribution in [0.3, 0.4) is 0 Å². The van der Waals surface area contributed by atoms with Crippen molar-refractivity contribution in [2.45, 2.75) is 13.5 Å². The van der Waals surface area contributed by atoms with E-state index in [1.165, 1.54) is 0 Å². The predicted molar refractivity (Wildman–Crippen MR) is 72.5 cm³/mol. The van der Waals surface area contributed by atoms with Crippen LogP contribution in [0.25, 0.3) is 0 Å². The van der Waals surface area contributed by atoms with Gasteiger partial charge in [0.2, 0.25) is 0 Å². The molecular formula is C14H11BrF3N. The summed E-state index contributed by atoms with van der Waals surface area (Å²) in [6.45, 7) is 2.14. The van der Waals surface area contributed by atoms with Crippen LogP contribution in [-0.2, 0) is 6.54 Å². The second-order valence-corrected chi connectivity index (χ2v) is 4.96. The summed E-state index contributed by atoms with van der Waals surface area (Å²) in [5.41, 5.74) is 2.19. The highest BCUT2D eigenvalue weighted by Gasteiger charge is 2.10. The average Bonchev–Trinajstić information content (AvgIpc) is 2.37. The van der Waals surface area contributed by atoms with Gasteiger partial charge in [0.05, 0.1) is 0 Å². The highest BCUT2D eigenvalue weighted by atomic mass is 79.9. The maximum atomic E-state index is 13.1. The Morgan fingerprint density at radius 2 is 1.74 bits per heavy atom. The molecule has 100 valence electrons. The van der Waals surface area contributed by atoms with Gasteiger partial charge in [-0.3, -0.25) is 0 Å². The van der Waals surface area contributed by atoms with Crippen molar-refractivity contribution < 1.29 is 13.2 Å². The Bertz CT molecular complexity index is 591. The summed E-state index contributed by atoms with van der Waals surface area (Å²) in [6.07, 6.45) is 0. The largest absolute Gasteiger partial charge is 0.380 e. The average molecular weight is 330 g/mol. The molecule has 0 amide bonds. The number of halogens is 4. The topological polar surface area (TPSA) is 12.0 Å². The predicted octanol–water partition coefficient (Wildman–Crippen LogP) is 4.79. The number of aryl methyl sites for hydroxylation is 1. The van der Waals surface area contributed by atoms with Crippen molar-refractivity contribution in [2.75, 3.05) is 5.32 Å². The first-order chi connectivity index (χ1) is 8.99. The standard InChI is InChI=1S/C14H11BrF3N/c1-8-3-2-4-12(13(8)15)19-7-9-5-10(16)14(18)11(17)6-9/h2-6,19H,7H2,1H3. The van der Waals surface area contributed by atoms with Gasteiger partial charge in [-0.05, 0) is 52.2 Å². The van der Waals surface area contributed by atoms with E-state index in [9.17, 15) is 13.2 Å². The third kappa shape index (κ3) is 3.10. The Morgan fingerprint density at radius 1 is 1.11 bits per heavy atom. The van der Waals surface area contributed by atoms with Gasteiger partial charge in [-0.2, -0.15) is 0 Å². The molecule has 0 unspecified atom stereocenters. The summed E-state index contributed by atoms with van der Waals surface area (Å²) in [6, 6.07) is 7.61. The third-order valence-corrected chi connectivity index (χ3v) is 3.77. The summed E-state index contributed by atoms with van der Waals surface area (Å²) >= 11 is 3.42. The summed E-state index contributed by atoms with van der Waals surface area (Å²) in [5.74, 6) is -3.80. The van der Waals surface area contributed by atoms with Crippen molar-refractivity contribution in [1.82, 2.24) is 0 Å². The van der Waals surface area contributed by atoms with E-state index < -0.39 is 17.5 Å². The van der Waals surface area contributed by atoms with Crippen LogP contribution in [0.4, 0.5) is 18.9 Å². The molecule has 0 bridgehead atoms. The number of nitrogens with one attached hydrogen (secondary N) is 1. The molecule has 0 saturated carbocycles. The Morgan fingerprint density at radius 3 is 2.37 bits per heavy atom. The van der Waals surface area contributed by atoms with Gasteiger partial charge in [0, 0.05) is 16.7 Å². The smallest absolute Gasteiger partial charge is 0.194 e. The molecule has 0 aliphatic rings. The van der Waals surface area contributed by atoms with Crippen molar-refractivity contribution in [2.24, 2.45) is 0 Å². The van der Waals surface area contributed by atoms with E-state index in [-0.39, 0.29) is 6.54 Å². The Hall–Kier alpha value is -1.49. The van der Waals surface area contributed by atoms with Crippen molar-refractivity contribution in [3.05, 3.63) is 63.4 Å². The highest BCUT2D eigenvalue weighted by Crippen LogP contribution is 2.26. The van der Waals surface area contributed by atoms with Crippen LogP contribution in [0, 0.1) is 24.4 Å². The Kier molecular flexibility index (Phi) is 4.14. The summed E-state index contributed by atoms with van der Waals surface area (Å²) < 4.78 is 39.8. The van der Waals surface area contributed by atoms with Crippen molar-refractivity contribution in [3.63, 3.8) is 0 Å². The van der Waals surface area contributed by atoms with Crippen LogP contribution in [0.2, 0.25) is 0 Å². The first kappa shape index (κ1) is 13.9. The van der Waals surface area contributed by atoms with E-state index in [4.69, 9.17) is 0 Å². The van der Waals surface area contributed by atoms with E-state index in [0.717, 1.165) is 27.9 Å². The van der Waals surface area contributed by atoms with Gasteiger partial charge in [-0.15, -0.1) is 0 Å². The normalized spacial score (nSPS) is 10.6. The molecule has 0 aliphatic heterocycles. The maximum Gasteiger partial charge on any atom is 0.194 e.